The summed E-state index contributed by atoms with van der Waals surface area (Å²) in [7, 11) is 1.61. The van der Waals surface area contributed by atoms with Gasteiger partial charge < -0.3 is 19.4 Å². The van der Waals surface area contributed by atoms with E-state index in [4.69, 9.17) is 19.1 Å². The summed E-state index contributed by atoms with van der Waals surface area (Å²) in [6, 6.07) is 23.0. The van der Waals surface area contributed by atoms with Crippen molar-refractivity contribution in [1.29, 1.82) is 0 Å². The molecule has 5 aromatic rings. The van der Waals surface area contributed by atoms with Crippen molar-refractivity contribution in [2.45, 2.75) is 13.0 Å². The molecule has 0 radical (unpaired) electrons. The van der Waals surface area contributed by atoms with E-state index in [2.05, 4.69) is 10.2 Å². The highest BCUT2D eigenvalue weighted by molar-refractivity contribution is 7.13. The van der Waals surface area contributed by atoms with E-state index in [0.717, 1.165) is 38.8 Å². The number of benzene rings is 2. The van der Waals surface area contributed by atoms with Crippen LogP contribution in [0.1, 0.15) is 12.2 Å². The summed E-state index contributed by atoms with van der Waals surface area (Å²) in [5.41, 5.74) is 1.58. The van der Waals surface area contributed by atoms with E-state index in [0.29, 0.717) is 18.9 Å². The first-order valence-corrected chi connectivity index (χ1v) is 12.1. The second-order valence-electron chi connectivity index (χ2n) is 7.89. The SMILES string of the molecule is COc1ccc(NC(=O)CCN(Cc2ccco2)c2nc(-c3cccs3)nc3ccccc23)cc1. The molecular weight excluding hydrogens is 460 g/mol. The van der Waals surface area contributed by atoms with Crippen LogP contribution in [0, 0.1) is 0 Å². The molecular formula is C27H24N4O3S. The fraction of sp³-hybridized carbons (Fsp3) is 0.148. The molecule has 0 saturated heterocycles. The normalized spacial score (nSPS) is 10.9. The molecule has 2 aromatic carbocycles. The molecule has 176 valence electrons. The summed E-state index contributed by atoms with van der Waals surface area (Å²) in [6.45, 7) is 0.932. The molecule has 1 N–H and O–H groups in total. The van der Waals surface area contributed by atoms with Gasteiger partial charge in [0.2, 0.25) is 5.91 Å². The van der Waals surface area contributed by atoms with Crippen LogP contribution in [0.4, 0.5) is 11.5 Å². The van der Waals surface area contributed by atoms with Crippen molar-refractivity contribution in [3.63, 3.8) is 0 Å². The van der Waals surface area contributed by atoms with Gasteiger partial charge in [-0.15, -0.1) is 11.3 Å². The van der Waals surface area contributed by atoms with Gasteiger partial charge in [-0.05, 0) is 60.0 Å². The number of ether oxygens (including phenoxy) is 1. The number of thiophene rings is 1. The third-order valence-corrected chi connectivity index (χ3v) is 6.40. The van der Waals surface area contributed by atoms with Crippen molar-refractivity contribution in [2.75, 3.05) is 23.9 Å². The number of rotatable bonds is 9. The van der Waals surface area contributed by atoms with Crippen molar-refractivity contribution in [2.24, 2.45) is 0 Å². The number of para-hydroxylation sites is 1. The largest absolute Gasteiger partial charge is 0.497 e. The van der Waals surface area contributed by atoms with Gasteiger partial charge in [-0.3, -0.25) is 4.79 Å². The number of nitrogens with one attached hydrogen (secondary N) is 1. The zero-order chi connectivity index (χ0) is 24.0. The Morgan fingerprint density at radius 2 is 1.89 bits per heavy atom. The van der Waals surface area contributed by atoms with Crippen molar-refractivity contribution in [3.05, 3.63) is 90.2 Å². The van der Waals surface area contributed by atoms with E-state index in [1.165, 1.54) is 0 Å². The second kappa shape index (κ2) is 10.4. The van der Waals surface area contributed by atoms with Crippen LogP contribution < -0.4 is 15.0 Å². The van der Waals surface area contributed by atoms with Crippen LogP contribution in [-0.4, -0.2) is 29.5 Å². The summed E-state index contributed by atoms with van der Waals surface area (Å²) in [5, 5.41) is 5.89. The van der Waals surface area contributed by atoms with Crippen molar-refractivity contribution >= 4 is 39.7 Å². The monoisotopic (exact) mass is 484 g/mol. The summed E-state index contributed by atoms with van der Waals surface area (Å²) in [4.78, 5) is 25.6. The molecule has 0 spiro atoms. The first-order chi connectivity index (χ1) is 17.2. The van der Waals surface area contributed by atoms with Gasteiger partial charge >= 0.3 is 0 Å². The Morgan fingerprint density at radius 3 is 2.63 bits per heavy atom. The number of furan rings is 1. The zero-order valence-electron chi connectivity index (χ0n) is 19.2. The number of methoxy groups -OCH3 is 1. The molecule has 0 atom stereocenters. The minimum atomic E-state index is -0.0866. The molecule has 3 heterocycles. The van der Waals surface area contributed by atoms with Crippen LogP contribution in [0.5, 0.6) is 5.75 Å². The predicted molar refractivity (Wildman–Crippen MR) is 139 cm³/mol. The Morgan fingerprint density at radius 1 is 1.03 bits per heavy atom. The number of hydrogen-bond acceptors (Lipinski definition) is 7. The first kappa shape index (κ1) is 22.6. The number of aromatic nitrogens is 2. The standard InChI is InChI=1S/C27H24N4O3S/c1-33-20-12-10-19(11-13-20)28-25(32)14-15-31(18-21-6-4-16-34-21)27-22-7-2-3-8-23(22)29-26(30-27)24-9-5-17-35-24/h2-13,16-17H,14-15,18H2,1H3,(H,28,32). The van der Waals surface area contributed by atoms with E-state index < -0.39 is 0 Å². The van der Waals surface area contributed by atoms with Crippen molar-refractivity contribution in [1.82, 2.24) is 9.97 Å². The Balaban J connectivity index is 1.43. The van der Waals surface area contributed by atoms with Gasteiger partial charge in [-0.1, -0.05) is 18.2 Å². The van der Waals surface area contributed by atoms with E-state index in [1.807, 2.05) is 78.2 Å². The average molecular weight is 485 g/mol. The van der Waals surface area contributed by atoms with Crippen LogP contribution in [0.2, 0.25) is 0 Å². The minimum Gasteiger partial charge on any atom is -0.497 e. The van der Waals surface area contributed by atoms with Crippen LogP contribution in [0.15, 0.2) is 88.9 Å². The molecule has 3 aromatic heterocycles. The van der Waals surface area contributed by atoms with E-state index in [1.54, 1.807) is 24.7 Å². The Hall–Kier alpha value is -4.17. The number of carbonyl (C=O) groups excluding carboxylic acids is 1. The molecule has 1 amide bonds. The number of fused-ring (bicyclic) bond motifs is 1. The molecule has 0 aliphatic rings. The molecule has 7 nitrogen and oxygen atoms in total. The molecule has 5 rings (SSSR count). The Kier molecular flexibility index (Phi) is 6.72. The highest BCUT2D eigenvalue weighted by atomic mass is 32.1. The third-order valence-electron chi connectivity index (χ3n) is 5.53. The molecule has 0 aliphatic heterocycles. The summed E-state index contributed by atoms with van der Waals surface area (Å²) in [5.74, 6) is 2.88. The zero-order valence-corrected chi connectivity index (χ0v) is 20.0. The number of amides is 1. The summed E-state index contributed by atoms with van der Waals surface area (Å²) < 4.78 is 10.8. The molecule has 0 saturated carbocycles. The lowest BCUT2D eigenvalue weighted by molar-refractivity contribution is -0.116. The van der Waals surface area contributed by atoms with Crippen LogP contribution >= 0.6 is 11.3 Å². The highest BCUT2D eigenvalue weighted by Crippen LogP contribution is 2.30. The van der Waals surface area contributed by atoms with Gasteiger partial charge in [0.25, 0.3) is 0 Å². The fourth-order valence-electron chi connectivity index (χ4n) is 3.80. The maximum absolute atomic E-state index is 12.8. The first-order valence-electron chi connectivity index (χ1n) is 11.2. The van der Waals surface area contributed by atoms with Gasteiger partial charge in [0.15, 0.2) is 5.82 Å². The third kappa shape index (κ3) is 5.33. The van der Waals surface area contributed by atoms with Gasteiger partial charge in [0.1, 0.15) is 17.3 Å². The highest BCUT2D eigenvalue weighted by Gasteiger charge is 2.18. The quantitative estimate of drug-likeness (QED) is 0.277. The van der Waals surface area contributed by atoms with E-state index in [-0.39, 0.29) is 12.3 Å². The summed E-state index contributed by atoms with van der Waals surface area (Å²) in [6.07, 6.45) is 1.93. The van der Waals surface area contributed by atoms with Crippen molar-refractivity contribution < 1.29 is 13.9 Å². The second-order valence-corrected chi connectivity index (χ2v) is 8.84. The number of nitrogens with zero attached hydrogens (tertiary/aromatic N) is 3. The number of carbonyl (C=O) groups is 1. The number of anilines is 2. The van der Waals surface area contributed by atoms with E-state index in [9.17, 15) is 4.79 Å². The lowest BCUT2D eigenvalue weighted by Gasteiger charge is -2.24. The smallest absolute Gasteiger partial charge is 0.226 e. The molecule has 8 heteroatoms. The topological polar surface area (TPSA) is 80.5 Å². The van der Waals surface area contributed by atoms with Crippen LogP contribution in [-0.2, 0) is 11.3 Å². The molecule has 0 bridgehead atoms. The van der Waals surface area contributed by atoms with E-state index >= 15 is 0 Å². The van der Waals surface area contributed by atoms with Crippen LogP contribution in [0.25, 0.3) is 21.6 Å². The van der Waals surface area contributed by atoms with Gasteiger partial charge in [0.05, 0.1) is 30.3 Å². The molecule has 0 aliphatic carbocycles. The fourth-order valence-corrected chi connectivity index (χ4v) is 4.46. The van der Waals surface area contributed by atoms with Gasteiger partial charge in [0, 0.05) is 24.0 Å². The molecule has 0 fully saturated rings. The maximum Gasteiger partial charge on any atom is 0.226 e. The van der Waals surface area contributed by atoms with Crippen molar-refractivity contribution in [3.8, 4) is 16.5 Å². The Labute approximate surface area is 207 Å². The average Bonchev–Trinajstić information content (AvgIpc) is 3.61. The molecule has 35 heavy (non-hydrogen) atoms. The van der Waals surface area contributed by atoms with Gasteiger partial charge in [-0.25, -0.2) is 9.97 Å². The summed E-state index contributed by atoms with van der Waals surface area (Å²) >= 11 is 1.60. The lowest BCUT2D eigenvalue weighted by Crippen LogP contribution is -2.28. The predicted octanol–water partition coefficient (Wildman–Crippen LogP) is 6.00. The lowest BCUT2D eigenvalue weighted by atomic mass is 10.2. The van der Waals surface area contributed by atoms with Gasteiger partial charge in [-0.2, -0.15) is 0 Å². The number of hydrogen-bond donors (Lipinski definition) is 1. The molecule has 0 unspecified atom stereocenters. The maximum atomic E-state index is 12.8. The Bertz CT molecular complexity index is 1400. The van der Waals surface area contributed by atoms with Crippen LogP contribution in [0.3, 0.4) is 0 Å². The minimum absolute atomic E-state index is 0.0866.